The number of hydrogen-bond donors (Lipinski definition) is 0. The predicted molar refractivity (Wildman–Crippen MR) is 185 cm³/mol. The van der Waals surface area contributed by atoms with Crippen molar-refractivity contribution in [3.05, 3.63) is 69.4 Å². The standard InChI is InChI=1S/C38H48O2S2/c1-4-6-8-10-11-13-15-17-35-24-33(26-39)37(41-35)31-20-18-30-23-32(21-19-29(30)22-31)38-34(27-40)25-36(42-38)28(3)16-14-12-9-7-5-2/h18-28H,4-17H2,1-3H3. The molecule has 2 aromatic carbocycles. The summed E-state index contributed by atoms with van der Waals surface area (Å²) in [5.74, 6) is 0.473. The van der Waals surface area contributed by atoms with Crippen molar-refractivity contribution in [1.82, 2.24) is 0 Å². The SMILES string of the molecule is CCCCCCCCCc1cc(C=O)c(-c2ccc3cc(-c4sc(C(C)CCCCCCC)cc4C=O)ccc3c2)s1. The number of unbranched alkanes of at least 4 members (excludes halogenated alkanes) is 10. The third-order valence-corrected chi connectivity index (χ3v) is 11.2. The van der Waals surface area contributed by atoms with Crippen LogP contribution in [0.5, 0.6) is 0 Å². The number of fused-ring (bicyclic) bond motifs is 1. The molecule has 4 heteroatoms. The Hall–Kier alpha value is -2.56. The van der Waals surface area contributed by atoms with Crippen molar-refractivity contribution in [3.63, 3.8) is 0 Å². The number of aryl methyl sites for hydroxylation is 1. The molecule has 4 aromatic rings. The summed E-state index contributed by atoms with van der Waals surface area (Å²) in [7, 11) is 0. The first-order valence-corrected chi connectivity index (χ1v) is 17.9. The van der Waals surface area contributed by atoms with E-state index in [0.29, 0.717) is 5.92 Å². The summed E-state index contributed by atoms with van der Waals surface area (Å²) in [6.45, 7) is 6.81. The fraction of sp³-hybridized carbons (Fsp3) is 0.474. The number of benzene rings is 2. The Morgan fingerprint density at radius 1 is 0.619 bits per heavy atom. The molecule has 2 aromatic heterocycles. The predicted octanol–water partition coefficient (Wildman–Crippen LogP) is 12.7. The zero-order valence-corrected chi connectivity index (χ0v) is 27.5. The molecule has 0 saturated carbocycles. The van der Waals surface area contributed by atoms with Gasteiger partial charge in [-0.05, 0) is 71.3 Å². The Morgan fingerprint density at radius 2 is 1.14 bits per heavy atom. The monoisotopic (exact) mass is 600 g/mol. The number of carbonyl (C=O) groups excluding carboxylic acids is 2. The van der Waals surface area contributed by atoms with Gasteiger partial charge in [0.1, 0.15) is 0 Å². The smallest absolute Gasteiger partial charge is 0.151 e. The summed E-state index contributed by atoms with van der Waals surface area (Å²) < 4.78 is 0. The van der Waals surface area contributed by atoms with Gasteiger partial charge in [-0.3, -0.25) is 9.59 Å². The Bertz CT molecular complexity index is 1430. The van der Waals surface area contributed by atoms with Gasteiger partial charge in [0.2, 0.25) is 0 Å². The zero-order valence-electron chi connectivity index (χ0n) is 25.9. The molecule has 2 heterocycles. The van der Waals surface area contributed by atoms with Gasteiger partial charge in [-0.1, -0.05) is 116 Å². The quantitative estimate of drug-likeness (QED) is 0.0792. The van der Waals surface area contributed by atoms with Gasteiger partial charge in [0.15, 0.2) is 12.6 Å². The largest absolute Gasteiger partial charge is 0.298 e. The van der Waals surface area contributed by atoms with Crippen LogP contribution in [0.2, 0.25) is 0 Å². The van der Waals surface area contributed by atoms with Gasteiger partial charge in [0.25, 0.3) is 0 Å². The van der Waals surface area contributed by atoms with Gasteiger partial charge >= 0.3 is 0 Å². The number of carbonyl (C=O) groups is 2. The van der Waals surface area contributed by atoms with Crippen LogP contribution in [0.1, 0.15) is 141 Å². The number of hydrogen-bond acceptors (Lipinski definition) is 4. The van der Waals surface area contributed by atoms with Crippen LogP contribution in [0, 0.1) is 0 Å². The van der Waals surface area contributed by atoms with Crippen LogP contribution < -0.4 is 0 Å². The second-order valence-electron chi connectivity index (χ2n) is 11.9. The minimum absolute atomic E-state index is 0.473. The molecule has 0 bridgehead atoms. The van der Waals surface area contributed by atoms with Gasteiger partial charge in [0.05, 0.1) is 0 Å². The summed E-state index contributed by atoms with van der Waals surface area (Å²) in [6, 6.07) is 17.2. The van der Waals surface area contributed by atoms with Gasteiger partial charge in [-0.15, -0.1) is 22.7 Å². The molecule has 224 valence electrons. The van der Waals surface area contributed by atoms with Gasteiger partial charge in [-0.25, -0.2) is 0 Å². The highest BCUT2D eigenvalue weighted by Crippen LogP contribution is 2.39. The highest BCUT2D eigenvalue weighted by atomic mass is 32.1. The molecule has 42 heavy (non-hydrogen) atoms. The molecule has 0 aliphatic carbocycles. The average Bonchev–Trinajstić information content (AvgIpc) is 3.64. The lowest BCUT2D eigenvalue weighted by Gasteiger charge is -2.09. The fourth-order valence-corrected chi connectivity index (χ4v) is 8.23. The molecule has 0 aliphatic heterocycles. The van der Waals surface area contributed by atoms with Crippen molar-refractivity contribution >= 4 is 46.0 Å². The van der Waals surface area contributed by atoms with Gasteiger partial charge in [-0.2, -0.15) is 0 Å². The molecule has 0 fully saturated rings. The van der Waals surface area contributed by atoms with E-state index in [1.165, 1.54) is 93.2 Å². The lowest BCUT2D eigenvalue weighted by molar-refractivity contribution is 0.111. The Labute approximate surface area is 261 Å². The minimum atomic E-state index is 0.473. The normalized spacial score (nSPS) is 12.2. The molecule has 1 atom stereocenters. The van der Waals surface area contributed by atoms with Crippen LogP contribution in [0.15, 0.2) is 48.5 Å². The van der Waals surface area contributed by atoms with Crippen molar-refractivity contribution < 1.29 is 9.59 Å². The van der Waals surface area contributed by atoms with Crippen LogP contribution in [0.4, 0.5) is 0 Å². The molecule has 0 spiro atoms. The molecule has 1 unspecified atom stereocenters. The van der Waals surface area contributed by atoms with Crippen LogP contribution >= 0.6 is 22.7 Å². The van der Waals surface area contributed by atoms with E-state index in [1.54, 1.807) is 22.7 Å². The lowest BCUT2D eigenvalue weighted by Crippen LogP contribution is -1.90. The van der Waals surface area contributed by atoms with E-state index < -0.39 is 0 Å². The van der Waals surface area contributed by atoms with E-state index in [0.717, 1.165) is 61.8 Å². The van der Waals surface area contributed by atoms with Crippen molar-refractivity contribution in [2.45, 2.75) is 117 Å². The van der Waals surface area contributed by atoms with Crippen molar-refractivity contribution in [2.24, 2.45) is 0 Å². The Balaban J connectivity index is 1.46. The van der Waals surface area contributed by atoms with Gasteiger partial charge in [0, 0.05) is 30.6 Å². The van der Waals surface area contributed by atoms with Crippen LogP contribution in [0.25, 0.3) is 31.7 Å². The third-order valence-electron chi connectivity index (χ3n) is 8.46. The molecular weight excluding hydrogens is 553 g/mol. The van der Waals surface area contributed by atoms with Crippen LogP contribution in [0.3, 0.4) is 0 Å². The number of aldehydes is 2. The van der Waals surface area contributed by atoms with Crippen molar-refractivity contribution in [2.75, 3.05) is 0 Å². The second kappa shape index (κ2) is 16.9. The Morgan fingerprint density at radius 3 is 1.74 bits per heavy atom. The van der Waals surface area contributed by atoms with E-state index in [4.69, 9.17) is 0 Å². The maximum atomic E-state index is 12.0. The van der Waals surface area contributed by atoms with Crippen molar-refractivity contribution in [1.29, 1.82) is 0 Å². The summed E-state index contributed by atoms with van der Waals surface area (Å²) in [5.41, 5.74) is 3.81. The maximum absolute atomic E-state index is 12.0. The first-order valence-electron chi connectivity index (χ1n) is 16.3. The molecule has 4 rings (SSSR count). The van der Waals surface area contributed by atoms with E-state index in [2.05, 4.69) is 69.3 Å². The minimum Gasteiger partial charge on any atom is -0.298 e. The number of rotatable bonds is 19. The lowest BCUT2D eigenvalue weighted by atomic mass is 9.99. The third kappa shape index (κ3) is 8.74. The highest BCUT2D eigenvalue weighted by molar-refractivity contribution is 7.16. The first kappa shape index (κ1) is 32.4. The van der Waals surface area contributed by atoms with E-state index in [9.17, 15) is 9.59 Å². The van der Waals surface area contributed by atoms with Gasteiger partial charge < -0.3 is 0 Å². The summed E-state index contributed by atoms with van der Waals surface area (Å²) in [6.07, 6.45) is 19.8. The Kier molecular flexibility index (Phi) is 13.0. The van der Waals surface area contributed by atoms with Crippen LogP contribution in [-0.2, 0) is 6.42 Å². The summed E-state index contributed by atoms with van der Waals surface area (Å²) in [5, 5.41) is 2.31. The summed E-state index contributed by atoms with van der Waals surface area (Å²) >= 11 is 3.54. The maximum Gasteiger partial charge on any atom is 0.151 e. The molecule has 2 nitrogen and oxygen atoms in total. The second-order valence-corrected chi connectivity index (χ2v) is 14.1. The molecule has 0 aliphatic rings. The first-order chi connectivity index (χ1) is 20.6. The summed E-state index contributed by atoms with van der Waals surface area (Å²) in [4.78, 5) is 28.7. The topological polar surface area (TPSA) is 34.1 Å². The molecular formula is C38H48O2S2. The number of thiophene rings is 2. The fourth-order valence-electron chi connectivity index (χ4n) is 5.86. The van der Waals surface area contributed by atoms with E-state index >= 15 is 0 Å². The van der Waals surface area contributed by atoms with Crippen molar-refractivity contribution in [3.8, 4) is 20.9 Å². The highest BCUT2D eigenvalue weighted by Gasteiger charge is 2.16. The molecule has 0 radical (unpaired) electrons. The van der Waals surface area contributed by atoms with E-state index in [1.807, 2.05) is 0 Å². The molecule has 0 amide bonds. The molecule has 0 saturated heterocycles. The zero-order chi connectivity index (χ0) is 29.7. The van der Waals surface area contributed by atoms with Crippen LogP contribution in [-0.4, -0.2) is 12.6 Å². The average molecular weight is 601 g/mol. The molecule has 0 N–H and O–H groups in total. The van der Waals surface area contributed by atoms with E-state index in [-0.39, 0.29) is 0 Å².